The minimum Gasteiger partial charge on any atom is -0.454 e. The molecule has 3 aromatic rings. The van der Waals surface area contributed by atoms with E-state index < -0.39 is 16.9 Å². The number of nitriles is 1. The van der Waals surface area contributed by atoms with Gasteiger partial charge in [-0.25, -0.2) is 4.79 Å². The lowest BCUT2D eigenvalue weighted by Gasteiger charge is -2.19. The number of nitrogens with zero attached hydrogens (tertiary/aromatic N) is 3. The summed E-state index contributed by atoms with van der Waals surface area (Å²) in [4.78, 5) is 25.9. The van der Waals surface area contributed by atoms with Crippen LogP contribution in [0.4, 0.5) is 0 Å². The van der Waals surface area contributed by atoms with E-state index in [1.165, 1.54) is 49.0 Å². The molecule has 0 atom stereocenters. The maximum atomic E-state index is 12.2. The third-order valence-corrected chi connectivity index (χ3v) is 6.68. The number of H-pyrrole nitrogens is 1. The molecule has 1 aromatic heterocycles. The van der Waals surface area contributed by atoms with Gasteiger partial charge in [0.15, 0.2) is 5.75 Å². The quantitative estimate of drug-likeness (QED) is 0.426. The van der Waals surface area contributed by atoms with E-state index in [1.54, 1.807) is 6.07 Å². The number of ether oxygens (including phenoxy) is 1. The molecule has 0 unspecified atom stereocenters. The van der Waals surface area contributed by atoms with Crippen LogP contribution in [0.3, 0.4) is 0 Å². The third kappa shape index (κ3) is 5.19. The Morgan fingerprint density at radius 3 is 2.54 bits per heavy atom. The van der Waals surface area contributed by atoms with Gasteiger partial charge in [-0.3, -0.25) is 9.78 Å². The van der Waals surface area contributed by atoms with Gasteiger partial charge in [-0.05, 0) is 73.1 Å². The molecular formula is C26H24Cl2N4O3. The van der Waals surface area contributed by atoms with E-state index in [1.807, 2.05) is 23.2 Å². The molecule has 1 fully saturated rings. The smallest absolute Gasteiger partial charge is 0.349 e. The molecule has 0 spiro atoms. The lowest BCUT2D eigenvalue weighted by Crippen LogP contribution is -2.33. The van der Waals surface area contributed by atoms with Crippen molar-refractivity contribution in [1.82, 2.24) is 14.8 Å². The number of rotatable bonds is 6. The SMILES string of the molecule is CC/C=C(\c1cc(Oc2c(Cl)cc(-n3nc(C#N)c(=O)[nH]c3=O)cc2Cl)ccc1C)C1CCCC1. The predicted octanol–water partition coefficient (Wildman–Crippen LogP) is 6.18. The van der Waals surface area contributed by atoms with E-state index >= 15 is 0 Å². The summed E-state index contributed by atoms with van der Waals surface area (Å²) in [5.74, 6) is 1.37. The number of halogens is 2. The van der Waals surface area contributed by atoms with Crippen LogP contribution in [0.2, 0.25) is 10.0 Å². The van der Waals surface area contributed by atoms with Gasteiger partial charge in [0.2, 0.25) is 5.69 Å². The highest BCUT2D eigenvalue weighted by molar-refractivity contribution is 6.37. The lowest BCUT2D eigenvalue weighted by molar-refractivity contribution is 0.482. The van der Waals surface area contributed by atoms with Gasteiger partial charge in [0.25, 0.3) is 5.56 Å². The molecule has 2 aromatic carbocycles. The van der Waals surface area contributed by atoms with Crippen molar-refractivity contribution in [2.24, 2.45) is 5.92 Å². The van der Waals surface area contributed by atoms with Crippen molar-refractivity contribution in [2.45, 2.75) is 46.0 Å². The Hall–Kier alpha value is -3.34. The van der Waals surface area contributed by atoms with Crippen LogP contribution in [0, 0.1) is 24.2 Å². The zero-order valence-corrected chi connectivity index (χ0v) is 20.9. The Balaban J connectivity index is 1.70. The minimum absolute atomic E-state index is 0.146. The second-order valence-electron chi connectivity index (χ2n) is 8.50. The van der Waals surface area contributed by atoms with Gasteiger partial charge in [-0.15, -0.1) is 5.10 Å². The highest BCUT2D eigenvalue weighted by Crippen LogP contribution is 2.41. The van der Waals surface area contributed by atoms with Crippen molar-refractivity contribution in [2.75, 3.05) is 0 Å². The average Bonchev–Trinajstić information content (AvgIpc) is 3.36. The van der Waals surface area contributed by atoms with Gasteiger partial charge in [0.05, 0.1) is 15.7 Å². The second kappa shape index (κ2) is 10.5. The number of hydrogen-bond acceptors (Lipinski definition) is 5. The van der Waals surface area contributed by atoms with Crippen LogP contribution in [-0.2, 0) is 0 Å². The van der Waals surface area contributed by atoms with Crippen LogP contribution < -0.4 is 16.0 Å². The van der Waals surface area contributed by atoms with Gasteiger partial charge in [0.1, 0.15) is 11.8 Å². The Bertz CT molecular complexity index is 1440. The van der Waals surface area contributed by atoms with Crippen LogP contribution in [-0.4, -0.2) is 14.8 Å². The third-order valence-electron chi connectivity index (χ3n) is 6.12. The van der Waals surface area contributed by atoms with Crippen LogP contribution in [0.5, 0.6) is 11.5 Å². The van der Waals surface area contributed by atoms with Gasteiger partial charge in [-0.1, -0.05) is 55.1 Å². The number of hydrogen-bond donors (Lipinski definition) is 1. The normalized spacial score (nSPS) is 14.2. The second-order valence-corrected chi connectivity index (χ2v) is 9.31. The molecule has 7 nitrogen and oxygen atoms in total. The first kappa shape index (κ1) is 24.8. The summed E-state index contributed by atoms with van der Waals surface area (Å²) < 4.78 is 6.96. The van der Waals surface area contributed by atoms with Crippen LogP contribution >= 0.6 is 23.2 Å². The fourth-order valence-electron chi connectivity index (χ4n) is 4.46. The molecule has 4 rings (SSSR count). The zero-order valence-electron chi connectivity index (χ0n) is 19.4. The summed E-state index contributed by atoms with van der Waals surface area (Å²) in [6.07, 6.45) is 8.16. The first-order valence-corrected chi connectivity index (χ1v) is 12.2. The molecule has 0 bridgehead atoms. The zero-order chi connectivity index (χ0) is 25.1. The molecule has 180 valence electrons. The molecule has 9 heteroatoms. The molecule has 35 heavy (non-hydrogen) atoms. The van der Waals surface area contributed by atoms with E-state index in [-0.39, 0.29) is 21.5 Å². The molecule has 0 saturated heterocycles. The molecule has 1 saturated carbocycles. The van der Waals surface area contributed by atoms with Crippen molar-refractivity contribution in [1.29, 1.82) is 5.26 Å². The number of aromatic nitrogens is 3. The lowest BCUT2D eigenvalue weighted by atomic mass is 9.88. The summed E-state index contributed by atoms with van der Waals surface area (Å²) in [6, 6.07) is 10.4. The number of aromatic amines is 1. The molecule has 0 amide bonds. The molecule has 1 aliphatic rings. The van der Waals surface area contributed by atoms with E-state index in [0.29, 0.717) is 11.7 Å². The first-order valence-electron chi connectivity index (χ1n) is 11.4. The van der Waals surface area contributed by atoms with Gasteiger partial charge < -0.3 is 4.74 Å². The maximum Gasteiger partial charge on any atom is 0.349 e. The Morgan fingerprint density at radius 2 is 1.91 bits per heavy atom. The molecule has 0 aliphatic heterocycles. The summed E-state index contributed by atoms with van der Waals surface area (Å²) in [6.45, 7) is 4.24. The van der Waals surface area contributed by atoms with Crippen molar-refractivity contribution >= 4 is 28.8 Å². The van der Waals surface area contributed by atoms with E-state index in [9.17, 15) is 9.59 Å². The largest absolute Gasteiger partial charge is 0.454 e. The highest BCUT2D eigenvalue weighted by Gasteiger charge is 2.22. The summed E-state index contributed by atoms with van der Waals surface area (Å²) in [5.41, 5.74) is 1.74. The summed E-state index contributed by atoms with van der Waals surface area (Å²) >= 11 is 13.0. The topological polar surface area (TPSA) is 101 Å². The first-order chi connectivity index (χ1) is 16.8. The highest BCUT2D eigenvalue weighted by atomic mass is 35.5. The average molecular weight is 511 g/mol. The van der Waals surface area contributed by atoms with Crippen molar-refractivity contribution in [3.63, 3.8) is 0 Å². The van der Waals surface area contributed by atoms with Crippen molar-refractivity contribution in [3.05, 3.63) is 84.1 Å². The molecule has 1 N–H and O–H groups in total. The molecule has 1 aliphatic carbocycles. The van der Waals surface area contributed by atoms with Crippen LogP contribution in [0.25, 0.3) is 11.3 Å². The monoisotopic (exact) mass is 510 g/mol. The predicted molar refractivity (Wildman–Crippen MR) is 137 cm³/mol. The number of allylic oxidation sites excluding steroid dienone is 2. The Morgan fingerprint density at radius 1 is 1.23 bits per heavy atom. The van der Waals surface area contributed by atoms with Gasteiger partial charge in [-0.2, -0.15) is 9.94 Å². The van der Waals surface area contributed by atoms with E-state index in [4.69, 9.17) is 33.2 Å². The maximum absolute atomic E-state index is 12.2. The van der Waals surface area contributed by atoms with Gasteiger partial charge in [0, 0.05) is 0 Å². The molecular weight excluding hydrogens is 487 g/mol. The van der Waals surface area contributed by atoms with E-state index in [0.717, 1.165) is 16.7 Å². The minimum atomic E-state index is -0.866. The summed E-state index contributed by atoms with van der Waals surface area (Å²) in [7, 11) is 0. The Kier molecular flexibility index (Phi) is 7.44. The molecule has 0 radical (unpaired) electrons. The number of nitrogens with one attached hydrogen (secondary N) is 1. The molecule has 1 heterocycles. The standard InChI is InChI=1S/C26H24Cl2N4O3/c1-3-6-19(16-7-4-5-8-16)20-13-18(10-9-15(20)2)35-24-21(27)11-17(12-22(24)28)32-26(34)30-25(33)23(14-29)31-32/h6,9-13,16H,3-5,7-8H2,1-2H3,(H,30,33,34)/b19-6-. The van der Waals surface area contributed by atoms with Crippen LogP contribution in [0.1, 0.15) is 55.8 Å². The van der Waals surface area contributed by atoms with Gasteiger partial charge >= 0.3 is 5.69 Å². The van der Waals surface area contributed by atoms with Crippen LogP contribution in [0.15, 0.2) is 46.0 Å². The number of aryl methyl sites for hydroxylation is 1. The fraction of sp³-hybridized carbons (Fsp3) is 0.308. The van der Waals surface area contributed by atoms with E-state index in [2.05, 4.69) is 25.0 Å². The summed E-state index contributed by atoms with van der Waals surface area (Å²) in [5, 5.41) is 13.1. The van der Waals surface area contributed by atoms with Crippen molar-refractivity contribution in [3.8, 4) is 23.3 Å². The fourth-order valence-corrected chi connectivity index (χ4v) is 5.01. The van der Waals surface area contributed by atoms with Crippen molar-refractivity contribution < 1.29 is 4.74 Å². The Labute approximate surface area is 212 Å². The number of benzene rings is 2.